The molecule has 16 heavy (non-hydrogen) atoms. The molecule has 0 aliphatic heterocycles. The quantitative estimate of drug-likeness (QED) is 0.808. The molecule has 1 aromatic heterocycles. The van der Waals surface area contributed by atoms with Gasteiger partial charge in [0, 0.05) is 6.07 Å². The first-order chi connectivity index (χ1) is 7.63. The fraction of sp³-hybridized carbons (Fsp3) is 0.182. The number of aromatic hydroxyl groups is 1. The van der Waals surface area contributed by atoms with Gasteiger partial charge in [0.2, 0.25) is 0 Å². The molecule has 84 valence electrons. The summed E-state index contributed by atoms with van der Waals surface area (Å²) in [7, 11) is 1.48. The van der Waals surface area contributed by atoms with E-state index in [1.165, 1.54) is 7.11 Å². The van der Waals surface area contributed by atoms with Crippen molar-refractivity contribution in [3.05, 3.63) is 23.8 Å². The van der Waals surface area contributed by atoms with E-state index in [2.05, 4.69) is 5.16 Å². The fourth-order valence-corrected chi connectivity index (χ4v) is 1.59. The zero-order valence-corrected chi connectivity index (χ0v) is 9.02. The molecule has 0 radical (unpaired) electrons. The Morgan fingerprint density at radius 2 is 2.19 bits per heavy atom. The summed E-state index contributed by atoms with van der Waals surface area (Å²) in [4.78, 5) is 0. The fourth-order valence-electron chi connectivity index (χ4n) is 1.59. The van der Waals surface area contributed by atoms with Crippen molar-refractivity contribution in [1.29, 1.82) is 0 Å². The number of phenols is 1. The maximum absolute atomic E-state index is 9.67. The third-order valence-electron chi connectivity index (χ3n) is 2.32. The molecule has 3 N–H and O–H groups in total. The molecule has 0 fully saturated rings. The SMILES string of the molecule is COc1c(O)ccc(C)c1-c1cc(N)no1. The van der Waals surface area contributed by atoms with Crippen molar-refractivity contribution in [2.45, 2.75) is 6.92 Å². The minimum atomic E-state index is 0.0538. The van der Waals surface area contributed by atoms with Crippen molar-refractivity contribution in [3.63, 3.8) is 0 Å². The number of phenolic OH excluding ortho intramolecular Hbond substituents is 1. The lowest BCUT2D eigenvalue weighted by Gasteiger charge is -2.10. The minimum absolute atomic E-state index is 0.0538. The van der Waals surface area contributed by atoms with Crippen molar-refractivity contribution in [2.75, 3.05) is 12.8 Å². The number of hydrogen-bond acceptors (Lipinski definition) is 5. The third-order valence-corrected chi connectivity index (χ3v) is 2.32. The molecule has 0 amide bonds. The van der Waals surface area contributed by atoms with E-state index in [4.69, 9.17) is 15.0 Å². The number of nitrogens with two attached hydrogens (primary N) is 1. The molecule has 0 bridgehead atoms. The van der Waals surface area contributed by atoms with E-state index in [0.717, 1.165) is 5.56 Å². The molecule has 0 aliphatic carbocycles. The van der Waals surface area contributed by atoms with Crippen LogP contribution < -0.4 is 10.5 Å². The number of benzene rings is 1. The lowest BCUT2D eigenvalue weighted by atomic mass is 10.0. The Morgan fingerprint density at radius 3 is 2.75 bits per heavy atom. The van der Waals surface area contributed by atoms with Crippen LogP contribution in [0.1, 0.15) is 5.56 Å². The van der Waals surface area contributed by atoms with Crippen LogP contribution >= 0.6 is 0 Å². The Balaban J connectivity index is 2.67. The molecule has 5 heteroatoms. The summed E-state index contributed by atoms with van der Waals surface area (Å²) in [6, 6.07) is 4.92. The largest absolute Gasteiger partial charge is 0.504 e. The van der Waals surface area contributed by atoms with Crippen LogP contribution in [0.25, 0.3) is 11.3 Å². The summed E-state index contributed by atoms with van der Waals surface area (Å²) in [5, 5.41) is 13.3. The highest BCUT2D eigenvalue weighted by molar-refractivity contribution is 5.74. The predicted molar refractivity (Wildman–Crippen MR) is 59.3 cm³/mol. The van der Waals surface area contributed by atoms with Gasteiger partial charge in [0.05, 0.1) is 12.7 Å². The summed E-state index contributed by atoms with van der Waals surface area (Å²) >= 11 is 0. The van der Waals surface area contributed by atoms with Crippen molar-refractivity contribution in [3.8, 4) is 22.8 Å². The molecule has 0 saturated carbocycles. The van der Waals surface area contributed by atoms with Crippen LogP contribution in [-0.2, 0) is 0 Å². The van der Waals surface area contributed by atoms with Crippen LogP contribution in [0.3, 0.4) is 0 Å². The normalized spacial score (nSPS) is 10.4. The van der Waals surface area contributed by atoms with Gasteiger partial charge in [-0.05, 0) is 18.6 Å². The monoisotopic (exact) mass is 220 g/mol. The Bertz CT molecular complexity index is 520. The second kappa shape index (κ2) is 3.77. The molecule has 0 atom stereocenters. The van der Waals surface area contributed by atoms with E-state index >= 15 is 0 Å². The third kappa shape index (κ3) is 1.56. The zero-order valence-electron chi connectivity index (χ0n) is 9.02. The van der Waals surface area contributed by atoms with E-state index in [-0.39, 0.29) is 5.75 Å². The molecule has 0 aliphatic rings. The highest BCUT2D eigenvalue weighted by Gasteiger charge is 2.17. The summed E-state index contributed by atoms with van der Waals surface area (Å²) in [5.41, 5.74) is 7.05. The maximum atomic E-state index is 9.67. The van der Waals surface area contributed by atoms with Gasteiger partial charge in [0.1, 0.15) is 0 Å². The van der Waals surface area contributed by atoms with Gasteiger partial charge in [-0.1, -0.05) is 11.2 Å². The Hall–Kier alpha value is -2.17. The average molecular weight is 220 g/mol. The van der Waals surface area contributed by atoms with Crippen molar-refractivity contribution < 1.29 is 14.4 Å². The Morgan fingerprint density at radius 1 is 1.44 bits per heavy atom. The zero-order chi connectivity index (χ0) is 11.7. The van der Waals surface area contributed by atoms with Crippen LogP contribution in [0.15, 0.2) is 22.7 Å². The molecule has 0 spiro atoms. The highest BCUT2D eigenvalue weighted by atomic mass is 16.5. The highest BCUT2D eigenvalue weighted by Crippen LogP contribution is 2.40. The van der Waals surface area contributed by atoms with E-state index in [1.54, 1.807) is 18.2 Å². The van der Waals surface area contributed by atoms with Gasteiger partial charge in [0.25, 0.3) is 0 Å². The number of rotatable bonds is 2. The smallest absolute Gasteiger partial charge is 0.173 e. The van der Waals surface area contributed by atoms with Gasteiger partial charge in [-0.15, -0.1) is 0 Å². The van der Waals surface area contributed by atoms with Crippen LogP contribution in [0, 0.1) is 6.92 Å². The number of anilines is 1. The van der Waals surface area contributed by atoms with Crippen molar-refractivity contribution in [2.24, 2.45) is 0 Å². The number of nitrogen functional groups attached to an aromatic ring is 1. The maximum Gasteiger partial charge on any atom is 0.173 e. The minimum Gasteiger partial charge on any atom is -0.504 e. The first-order valence-corrected chi connectivity index (χ1v) is 4.72. The van der Waals surface area contributed by atoms with Crippen LogP contribution in [0.5, 0.6) is 11.5 Å². The van der Waals surface area contributed by atoms with Crippen LogP contribution in [-0.4, -0.2) is 17.4 Å². The summed E-state index contributed by atoms with van der Waals surface area (Å²) in [6.45, 7) is 1.88. The Kier molecular flexibility index (Phi) is 2.44. The van der Waals surface area contributed by atoms with Gasteiger partial charge in [-0.2, -0.15) is 0 Å². The van der Waals surface area contributed by atoms with Crippen molar-refractivity contribution in [1.82, 2.24) is 5.16 Å². The molecule has 1 heterocycles. The van der Waals surface area contributed by atoms with Gasteiger partial charge >= 0.3 is 0 Å². The molecule has 1 aromatic carbocycles. The van der Waals surface area contributed by atoms with E-state index in [0.29, 0.717) is 22.9 Å². The number of aryl methyl sites for hydroxylation is 1. The number of aromatic nitrogens is 1. The van der Waals surface area contributed by atoms with Gasteiger partial charge in [-0.3, -0.25) is 0 Å². The lowest BCUT2D eigenvalue weighted by Crippen LogP contribution is -1.90. The molecule has 0 unspecified atom stereocenters. The molecule has 5 nitrogen and oxygen atoms in total. The summed E-state index contributed by atoms with van der Waals surface area (Å²) in [6.07, 6.45) is 0. The van der Waals surface area contributed by atoms with E-state index in [9.17, 15) is 5.11 Å². The van der Waals surface area contributed by atoms with Gasteiger partial charge in [0.15, 0.2) is 23.1 Å². The van der Waals surface area contributed by atoms with Crippen LogP contribution in [0.4, 0.5) is 5.82 Å². The number of methoxy groups -OCH3 is 1. The number of ether oxygens (including phenoxy) is 1. The Labute approximate surface area is 92.4 Å². The second-order valence-corrected chi connectivity index (χ2v) is 3.43. The molecule has 2 aromatic rings. The topological polar surface area (TPSA) is 81.5 Å². The second-order valence-electron chi connectivity index (χ2n) is 3.43. The van der Waals surface area contributed by atoms with Gasteiger partial charge in [-0.25, -0.2) is 0 Å². The van der Waals surface area contributed by atoms with E-state index < -0.39 is 0 Å². The first kappa shape index (κ1) is 10.4. The molecular weight excluding hydrogens is 208 g/mol. The number of nitrogens with zero attached hydrogens (tertiary/aromatic N) is 1. The van der Waals surface area contributed by atoms with Crippen LogP contribution in [0.2, 0.25) is 0 Å². The molecule has 0 saturated heterocycles. The molecule has 2 rings (SSSR count). The lowest BCUT2D eigenvalue weighted by molar-refractivity contribution is 0.371. The summed E-state index contributed by atoms with van der Waals surface area (Å²) < 4.78 is 10.2. The van der Waals surface area contributed by atoms with Crippen molar-refractivity contribution >= 4 is 5.82 Å². The number of hydrogen-bond donors (Lipinski definition) is 2. The average Bonchev–Trinajstić information content (AvgIpc) is 2.67. The first-order valence-electron chi connectivity index (χ1n) is 4.72. The van der Waals surface area contributed by atoms with Gasteiger partial charge < -0.3 is 20.1 Å². The molecular formula is C11H12N2O3. The standard InChI is InChI=1S/C11H12N2O3/c1-6-3-4-7(14)11(15-2)10(6)8-5-9(12)13-16-8/h3-5,14H,1-2H3,(H2,12,13). The predicted octanol–water partition coefficient (Wildman–Crippen LogP) is 1.95. The van der Waals surface area contributed by atoms with E-state index in [1.807, 2.05) is 6.92 Å². The summed E-state index contributed by atoms with van der Waals surface area (Å²) in [5.74, 6) is 1.18.